The fourth-order valence-corrected chi connectivity index (χ4v) is 1.72. The van der Waals surface area contributed by atoms with Crippen LogP contribution in [0, 0.1) is 30.6 Å². The molecule has 3 heteroatoms. The van der Waals surface area contributed by atoms with Crippen LogP contribution in [-0.2, 0) is 0 Å². The van der Waals surface area contributed by atoms with Crippen LogP contribution in [0.1, 0.15) is 16.7 Å². The quantitative estimate of drug-likeness (QED) is 0.368. The van der Waals surface area contributed by atoms with Crippen molar-refractivity contribution in [3.8, 4) is 23.7 Å². The molecule has 0 atom stereocenters. The minimum atomic E-state index is 0.292. The van der Waals surface area contributed by atoms with Crippen molar-refractivity contribution in [1.82, 2.24) is 0 Å². The number of hydrogen-bond donors (Lipinski definition) is 1. The van der Waals surface area contributed by atoms with Crippen molar-refractivity contribution in [2.45, 2.75) is 6.92 Å². The zero-order chi connectivity index (χ0) is 15.1. The Hall–Kier alpha value is -2.68. The molecule has 0 amide bonds. The molecule has 0 fully saturated rings. The lowest BCUT2D eigenvalue weighted by molar-refractivity contribution is 0.320. The number of aryl methyl sites for hydroxylation is 1. The lowest BCUT2D eigenvalue weighted by Gasteiger charge is -1.97. The first-order valence-electron chi connectivity index (χ1n) is 6.26. The number of halogens is 1. The second-order valence-corrected chi connectivity index (χ2v) is 4.76. The molecule has 0 saturated heterocycles. The van der Waals surface area contributed by atoms with Gasteiger partial charge in [0.05, 0.1) is 0 Å². The minimum absolute atomic E-state index is 0.292. The molecule has 21 heavy (non-hydrogen) atoms. The Morgan fingerprint density at radius 2 is 1.67 bits per heavy atom. The summed E-state index contributed by atoms with van der Waals surface area (Å²) in [5.41, 5.74) is 3.00. The summed E-state index contributed by atoms with van der Waals surface area (Å²) in [7, 11) is 0. The highest BCUT2D eigenvalue weighted by molar-refractivity contribution is 6.30. The van der Waals surface area contributed by atoms with Crippen LogP contribution in [0.4, 0.5) is 0 Å². The molecule has 102 valence electrons. The highest BCUT2D eigenvalue weighted by atomic mass is 35.5. The van der Waals surface area contributed by atoms with Crippen LogP contribution >= 0.6 is 11.6 Å². The van der Waals surface area contributed by atoms with Crippen molar-refractivity contribution in [2.75, 3.05) is 0 Å². The Balaban J connectivity index is 2.14. The summed E-state index contributed by atoms with van der Waals surface area (Å²) in [6, 6.07) is 14.7. The van der Waals surface area contributed by atoms with E-state index in [0.29, 0.717) is 10.7 Å². The van der Waals surface area contributed by atoms with E-state index in [0.717, 1.165) is 16.7 Å². The van der Waals surface area contributed by atoms with Gasteiger partial charge < -0.3 is 5.21 Å². The van der Waals surface area contributed by atoms with Crippen molar-refractivity contribution in [3.05, 3.63) is 70.2 Å². The van der Waals surface area contributed by atoms with Gasteiger partial charge in [0, 0.05) is 16.1 Å². The average molecular weight is 294 g/mol. The van der Waals surface area contributed by atoms with E-state index in [2.05, 4.69) is 28.8 Å². The fourth-order valence-electron chi connectivity index (χ4n) is 1.59. The van der Waals surface area contributed by atoms with Crippen molar-refractivity contribution in [3.63, 3.8) is 0 Å². The largest absolute Gasteiger partial charge is 0.410 e. The molecule has 2 aromatic carbocycles. The van der Waals surface area contributed by atoms with Gasteiger partial charge in [-0.15, -0.1) is 0 Å². The topological polar surface area (TPSA) is 32.6 Å². The number of nitrogens with zero attached hydrogens (tertiary/aromatic N) is 1. The predicted molar refractivity (Wildman–Crippen MR) is 85.6 cm³/mol. The first kappa shape index (κ1) is 14.7. The Morgan fingerprint density at radius 3 is 2.29 bits per heavy atom. The third-order valence-electron chi connectivity index (χ3n) is 2.72. The van der Waals surface area contributed by atoms with Crippen LogP contribution in [0.25, 0.3) is 0 Å². The van der Waals surface area contributed by atoms with Crippen LogP contribution in [0.3, 0.4) is 0 Å². The summed E-state index contributed by atoms with van der Waals surface area (Å²) in [4.78, 5) is 0. The zero-order valence-electron chi connectivity index (χ0n) is 11.4. The van der Waals surface area contributed by atoms with Crippen LogP contribution in [0.2, 0.25) is 5.02 Å². The van der Waals surface area contributed by atoms with Crippen LogP contribution < -0.4 is 0 Å². The predicted octanol–water partition coefficient (Wildman–Crippen LogP) is 3.88. The average Bonchev–Trinajstić information content (AvgIpc) is 2.50. The van der Waals surface area contributed by atoms with Gasteiger partial charge >= 0.3 is 0 Å². The molecule has 0 heterocycles. The van der Waals surface area contributed by atoms with E-state index in [1.54, 1.807) is 12.1 Å². The monoisotopic (exact) mass is 293 g/mol. The maximum Gasteiger partial charge on any atom is 0.160 e. The van der Waals surface area contributed by atoms with Gasteiger partial charge in [-0.3, -0.25) is 0 Å². The van der Waals surface area contributed by atoms with E-state index >= 15 is 0 Å². The standard InChI is InChI=1S/C18H12ClNO/c1-14-6-10-16(11-7-14)18(20-21)5-3-2-4-15-8-12-17(19)13-9-15/h6-13,21H,1H3. The molecule has 0 unspecified atom stereocenters. The van der Waals surface area contributed by atoms with Gasteiger partial charge in [0.25, 0.3) is 0 Å². The van der Waals surface area contributed by atoms with E-state index < -0.39 is 0 Å². The van der Waals surface area contributed by atoms with E-state index in [9.17, 15) is 0 Å². The van der Waals surface area contributed by atoms with Gasteiger partial charge in [0.1, 0.15) is 0 Å². The molecule has 0 radical (unpaired) electrons. The molecule has 0 aliphatic carbocycles. The summed E-state index contributed by atoms with van der Waals surface area (Å²) in [5, 5.41) is 12.9. The van der Waals surface area contributed by atoms with Crippen LogP contribution in [-0.4, -0.2) is 10.9 Å². The molecule has 0 aliphatic rings. The molecule has 0 spiro atoms. The first-order chi connectivity index (χ1) is 10.2. The lowest BCUT2D eigenvalue weighted by atomic mass is 10.1. The third-order valence-corrected chi connectivity index (χ3v) is 2.97. The molecular weight excluding hydrogens is 282 g/mol. The number of hydrogen-bond acceptors (Lipinski definition) is 2. The van der Waals surface area contributed by atoms with Gasteiger partial charge in [-0.2, -0.15) is 0 Å². The Bertz CT molecular complexity index is 766. The second-order valence-electron chi connectivity index (χ2n) is 4.32. The Kier molecular flexibility index (Phi) is 5.04. The lowest BCUT2D eigenvalue weighted by Crippen LogP contribution is -1.96. The molecule has 2 aromatic rings. The molecular formula is C18H12ClNO. The molecule has 2 nitrogen and oxygen atoms in total. The first-order valence-corrected chi connectivity index (χ1v) is 6.63. The second kappa shape index (κ2) is 7.20. The summed E-state index contributed by atoms with van der Waals surface area (Å²) in [6.07, 6.45) is 0. The minimum Gasteiger partial charge on any atom is -0.410 e. The van der Waals surface area contributed by atoms with Crippen molar-refractivity contribution in [1.29, 1.82) is 0 Å². The Morgan fingerprint density at radius 1 is 1.00 bits per heavy atom. The molecule has 0 aromatic heterocycles. The molecule has 2 rings (SSSR count). The summed E-state index contributed by atoms with van der Waals surface area (Å²) < 4.78 is 0. The third kappa shape index (κ3) is 4.42. The smallest absolute Gasteiger partial charge is 0.160 e. The molecule has 0 saturated carbocycles. The maximum absolute atomic E-state index is 9.02. The maximum atomic E-state index is 9.02. The highest BCUT2D eigenvalue weighted by Gasteiger charge is 1.99. The normalized spacial score (nSPS) is 10.1. The van der Waals surface area contributed by atoms with Crippen LogP contribution in [0.15, 0.2) is 53.7 Å². The summed E-state index contributed by atoms with van der Waals surface area (Å²) in [5.74, 6) is 11.0. The molecule has 1 N–H and O–H groups in total. The summed E-state index contributed by atoms with van der Waals surface area (Å²) >= 11 is 5.79. The highest BCUT2D eigenvalue weighted by Crippen LogP contribution is 2.08. The van der Waals surface area contributed by atoms with Crippen molar-refractivity contribution in [2.24, 2.45) is 5.16 Å². The number of oxime groups is 1. The zero-order valence-corrected chi connectivity index (χ0v) is 12.1. The van der Waals surface area contributed by atoms with Gasteiger partial charge in [-0.25, -0.2) is 0 Å². The number of benzene rings is 2. The molecule has 0 aliphatic heterocycles. The van der Waals surface area contributed by atoms with Gasteiger partial charge in [0.2, 0.25) is 0 Å². The fraction of sp³-hybridized carbons (Fsp3) is 0.0556. The van der Waals surface area contributed by atoms with Crippen LogP contribution in [0.5, 0.6) is 0 Å². The van der Waals surface area contributed by atoms with Gasteiger partial charge in [0.15, 0.2) is 5.71 Å². The van der Waals surface area contributed by atoms with E-state index in [4.69, 9.17) is 16.8 Å². The summed E-state index contributed by atoms with van der Waals surface area (Å²) in [6.45, 7) is 1.99. The SMILES string of the molecule is Cc1ccc(C(C#CC#Cc2ccc(Cl)cc2)=NO)cc1. The molecule has 0 bridgehead atoms. The Labute approximate surface area is 129 Å². The van der Waals surface area contributed by atoms with E-state index in [-0.39, 0.29) is 0 Å². The van der Waals surface area contributed by atoms with E-state index in [1.165, 1.54) is 0 Å². The van der Waals surface area contributed by atoms with Crippen molar-refractivity contribution >= 4 is 17.3 Å². The van der Waals surface area contributed by atoms with Gasteiger partial charge in [-0.1, -0.05) is 52.5 Å². The van der Waals surface area contributed by atoms with Crippen molar-refractivity contribution < 1.29 is 5.21 Å². The van der Waals surface area contributed by atoms with E-state index in [1.807, 2.05) is 43.3 Å². The number of rotatable bonds is 1. The van der Waals surface area contributed by atoms with Gasteiger partial charge in [-0.05, 0) is 49.0 Å².